The number of rotatable bonds is 8. The molecule has 136 valence electrons. The van der Waals surface area contributed by atoms with Gasteiger partial charge in [0.05, 0.1) is 25.3 Å². The minimum atomic E-state index is -0.640. The van der Waals surface area contributed by atoms with Crippen molar-refractivity contribution < 1.29 is 28.7 Å². The third kappa shape index (κ3) is 6.90. The standard InChI is InChI=1S/C16H21N3O6/c1-24-14(21)10-7-11(15(22)25-2)9-12(8-10)19-13(20)5-3-4-6-18-16(17)23/h7-9H,3-6H2,1-2H3,(H,19,20)(H3,17,18,23). The summed E-state index contributed by atoms with van der Waals surface area (Å²) in [5.41, 5.74) is 5.45. The minimum Gasteiger partial charge on any atom is -0.465 e. The molecule has 9 nitrogen and oxygen atoms in total. The van der Waals surface area contributed by atoms with Gasteiger partial charge >= 0.3 is 18.0 Å². The van der Waals surface area contributed by atoms with E-state index in [1.54, 1.807) is 0 Å². The second kappa shape index (κ2) is 9.91. The number of hydrogen-bond acceptors (Lipinski definition) is 6. The van der Waals surface area contributed by atoms with Crippen LogP contribution in [0, 0.1) is 0 Å². The molecule has 0 bridgehead atoms. The fourth-order valence-corrected chi connectivity index (χ4v) is 2.02. The summed E-state index contributed by atoms with van der Waals surface area (Å²) in [7, 11) is 2.43. The van der Waals surface area contributed by atoms with Gasteiger partial charge in [-0.25, -0.2) is 14.4 Å². The molecule has 1 rings (SSSR count). The van der Waals surface area contributed by atoms with Gasteiger partial charge in [0, 0.05) is 18.7 Å². The Morgan fingerprint density at radius 3 is 2.00 bits per heavy atom. The first kappa shape index (κ1) is 19.9. The van der Waals surface area contributed by atoms with Crippen LogP contribution in [0.3, 0.4) is 0 Å². The highest BCUT2D eigenvalue weighted by atomic mass is 16.5. The number of unbranched alkanes of at least 4 members (excludes halogenated alkanes) is 1. The third-order valence-electron chi connectivity index (χ3n) is 3.19. The molecule has 0 aromatic heterocycles. The molecule has 0 atom stereocenters. The molecule has 0 aliphatic heterocycles. The van der Waals surface area contributed by atoms with Crippen molar-refractivity contribution in [1.82, 2.24) is 5.32 Å². The summed E-state index contributed by atoms with van der Waals surface area (Å²) in [5.74, 6) is -1.57. The molecule has 0 saturated carbocycles. The zero-order valence-electron chi connectivity index (χ0n) is 14.1. The van der Waals surface area contributed by atoms with Crippen LogP contribution in [0.2, 0.25) is 0 Å². The predicted octanol–water partition coefficient (Wildman–Crippen LogP) is 1.04. The first-order valence-electron chi connectivity index (χ1n) is 7.52. The molecular weight excluding hydrogens is 330 g/mol. The second-order valence-corrected chi connectivity index (χ2v) is 5.08. The average Bonchev–Trinajstić information content (AvgIpc) is 2.59. The van der Waals surface area contributed by atoms with Crippen molar-refractivity contribution in [1.29, 1.82) is 0 Å². The summed E-state index contributed by atoms with van der Waals surface area (Å²) in [6.45, 7) is 0.382. The first-order chi connectivity index (χ1) is 11.9. The first-order valence-corrected chi connectivity index (χ1v) is 7.52. The van der Waals surface area contributed by atoms with E-state index < -0.39 is 18.0 Å². The Morgan fingerprint density at radius 1 is 0.960 bits per heavy atom. The van der Waals surface area contributed by atoms with E-state index in [2.05, 4.69) is 20.1 Å². The number of benzene rings is 1. The number of amides is 3. The largest absolute Gasteiger partial charge is 0.465 e. The van der Waals surface area contributed by atoms with E-state index >= 15 is 0 Å². The fourth-order valence-electron chi connectivity index (χ4n) is 2.02. The normalized spacial score (nSPS) is 9.84. The van der Waals surface area contributed by atoms with E-state index in [0.29, 0.717) is 19.4 Å². The maximum atomic E-state index is 12.0. The monoisotopic (exact) mass is 351 g/mol. The summed E-state index contributed by atoms with van der Waals surface area (Å²) in [5, 5.41) is 5.04. The van der Waals surface area contributed by atoms with Gasteiger partial charge in [0.25, 0.3) is 0 Å². The van der Waals surface area contributed by atoms with E-state index in [-0.39, 0.29) is 29.1 Å². The lowest BCUT2D eigenvalue weighted by atomic mass is 10.1. The smallest absolute Gasteiger partial charge is 0.337 e. The lowest BCUT2D eigenvalue weighted by molar-refractivity contribution is -0.116. The maximum Gasteiger partial charge on any atom is 0.337 e. The molecule has 0 aliphatic rings. The van der Waals surface area contributed by atoms with Crippen LogP contribution in [0.15, 0.2) is 18.2 Å². The number of nitrogens with two attached hydrogens (primary N) is 1. The molecule has 25 heavy (non-hydrogen) atoms. The number of primary amides is 1. The summed E-state index contributed by atoms with van der Waals surface area (Å²) in [6.07, 6.45) is 1.33. The van der Waals surface area contributed by atoms with Gasteiger partial charge < -0.3 is 25.8 Å². The molecule has 1 aromatic carbocycles. The van der Waals surface area contributed by atoms with Crippen molar-refractivity contribution in [2.75, 3.05) is 26.1 Å². The van der Waals surface area contributed by atoms with Crippen LogP contribution in [-0.2, 0) is 14.3 Å². The molecule has 0 heterocycles. The molecule has 0 unspecified atom stereocenters. The van der Waals surface area contributed by atoms with Gasteiger partial charge in [-0.1, -0.05) is 0 Å². The lowest BCUT2D eigenvalue weighted by Gasteiger charge is -2.09. The number of urea groups is 1. The molecule has 0 aliphatic carbocycles. The highest BCUT2D eigenvalue weighted by Gasteiger charge is 2.14. The van der Waals surface area contributed by atoms with E-state index in [1.165, 1.54) is 32.4 Å². The second-order valence-electron chi connectivity index (χ2n) is 5.08. The summed E-state index contributed by atoms with van der Waals surface area (Å²) in [4.78, 5) is 45.8. The van der Waals surface area contributed by atoms with Crippen LogP contribution < -0.4 is 16.4 Å². The van der Waals surface area contributed by atoms with E-state index in [4.69, 9.17) is 5.73 Å². The van der Waals surface area contributed by atoms with Crippen LogP contribution >= 0.6 is 0 Å². The van der Waals surface area contributed by atoms with Crippen LogP contribution in [0.25, 0.3) is 0 Å². The van der Waals surface area contributed by atoms with Crippen molar-refractivity contribution in [3.8, 4) is 0 Å². The molecule has 0 spiro atoms. The summed E-state index contributed by atoms with van der Waals surface area (Å²) in [6, 6.07) is 3.53. The quantitative estimate of drug-likeness (QED) is 0.473. The van der Waals surface area contributed by atoms with Gasteiger partial charge in [0.15, 0.2) is 0 Å². The van der Waals surface area contributed by atoms with Crippen molar-refractivity contribution in [3.05, 3.63) is 29.3 Å². The third-order valence-corrected chi connectivity index (χ3v) is 3.19. The Balaban J connectivity index is 2.72. The van der Waals surface area contributed by atoms with Gasteiger partial charge in [-0.05, 0) is 31.0 Å². The van der Waals surface area contributed by atoms with Gasteiger partial charge in [0.1, 0.15) is 0 Å². The number of esters is 2. The van der Waals surface area contributed by atoms with Crippen LogP contribution in [0.4, 0.5) is 10.5 Å². The molecule has 0 saturated heterocycles. The Labute approximate surface area is 144 Å². The Morgan fingerprint density at radius 2 is 1.52 bits per heavy atom. The summed E-state index contributed by atoms with van der Waals surface area (Å²) >= 11 is 0. The number of carbonyl (C=O) groups excluding carboxylic acids is 4. The van der Waals surface area contributed by atoms with Crippen molar-refractivity contribution in [2.45, 2.75) is 19.3 Å². The molecule has 3 amide bonds. The molecule has 0 fully saturated rings. The number of nitrogens with one attached hydrogen (secondary N) is 2. The minimum absolute atomic E-state index is 0.117. The number of hydrogen-bond donors (Lipinski definition) is 3. The SMILES string of the molecule is COC(=O)c1cc(NC(=O)CCCCNC(N)=O)cc(C(=O)OC)c1. The topological polar surface area (TPSA) is 137 Å². The Hall–Kier alpha value is -3.10. The van der Waals surface area contributed by atoms with Gasteiger partial charge in [-0.2, -0.15) is 0 Å². The predicted molar refractivity (Wildman–Crippen MR) is 89.2 cm³/mol. The molecule has 9 heteroatoms. The van der Waals surface area contributed by atoms with Crippen molar-refractivity contribution in [2.24, 2.45) is 5.73 Å². The summed E-state index contributed by atoms with van der Waals surface area (Å²) < 4.78 is 9.25. The molecule has 1 aromatic rings. The number of carbonyl (C=O) groups is 4. The van der Waals surface area contributed by atoms with Crippen molar-refractivity contribution >= 4 is 29.6 Å². The van der Waals surface area contributed by atoms with Gasteiger partial charge in [-0.3, -0.25) is 4.79 Å². The van der Waals surface area contributed by atoms with E-state index in [0.717, 1.165) is 0 Å². The highest BCUT2D eigenvalue weighted by Crippen LogP contribution is 2.17. The molecule has 4 N–H and O–H groups in total. The maximum absolute atomic E-state index is 12.0. The fraction of sp³-hybridized carbons (Fsp3) is 0.375. The van der Waals surface area contributed by atoms with Crippen LogP contribution in [-0.4, -0.2) is 44.6 Å². The highest BCUT2D eigenvalue weighted by molar-refractivity contribution is 5.99. The average molecular weight is 351 g/mol. The van der Waals surface area contributed by atoms with Gasteiger partial charge in [-0.15, -0.1) is 0 Å². The Bertz CT molecular complexity index is 625. The number of ether oxygens (including phenoxy) is 2. The Kier molecular flexibility index (Phi) is 7.91. The van der Waals surface area contributed by atoms with Crippen molar-refractivity contribution in [3.63, 3.8) is 0 Å². The zero-order chi connectivity index (χ0) is 18.8. The number of methoxy groups -OCH3 is 2. The lowest BCUT2D eigenvalue weighted by Crippen LogP contribution is -2.30. The number of anilines is 1. The van der Waals surface area contributed by atoms with E-state index in [9.17, 15) is 19.2 Å². The zero-order valence-corrected chi connectivity index (χ0v) is 14.1. The van der Waals surface area contributed by atoms with Gasteiger partial charge in [0.2, 0.25) is 5.91 Å². The van der Waals surface area contributed by atoms with E-state index in [1.807, 2.05) is 0 Å². The van der Waals surface area contributed by atoms with Crippen LogP contribution in [0.5, 0.6) is 0 Å². The molecular formula is C16H21N3O6. The van der Waals surface area contributed by atoms with Crippen LogP contribution in [0.1, 0.15) is 40.0 Å². The molecule has 0 radical (unpaired) electrons.